The first-order valence-corrected chi connectivity index (χ1v) is 9.69. The van der Waals surface area contributed by atoms with Crippen LogP contribution in [0.4, 0.5) is 0 Å². The van der Waals surface area contributed by atoms with Gasteiger partial charge < -0.3 is 24.4 Å². The molecule has 0 spiro atoms. The van der Waals surface area contributed by atoms with Crippen LogP contribution in [0.3, 0.4) is 0 Å². The Kier molecular flexibility index (Phi) is 5.78. The van der Waals surface area contributed by atoms with Crippen molar-refractivity contribution in [2.45, 2.75) is 6.61 Å². The van der Waals surface area contributed by atoms with Crippen molar-refractivity contribution in [2.24, 2.45) is 0 Å². The number of aliphatic hydroxyl groups excluding tert-OH is 1. The molecule has 0 saturated carbocycles. The standard InChI is InChI=1S/C24H20N2O6/c1-31-22-11-15(10-17(14-27)23(22)29)7-8-20(28)16-4-2-5-18(12-16)26-13-19(25-24(26)30)21-6-3-9-32-21/h2-13,27,29H,14H2,1H3,(H,25,30). The predicted molar refractivity (Wildman–Crippen MR) is 118 cm³/mol. The van der Waals surface area contributed by atoms with Crippen molar-refractivity contribution in [3.63, 3.8) is 0 Å². The smallest absolute Gasteiger partial charge is 0.330 e. The molecule has 0 atom stereocenters. The van der Waals surface area contributed by atoms with Crippen LogP contribution in [-0.2, 0) is 6.61 Å². The highest BCUT2D eigenvalue weighted by molar-refractivity contribution is 6.07. The summed E-state index contributed by atoms with van der Waals surface area (Å²) >= 11 is 0. The molecule has 2 heterocycles. The van der Waals surface area contributed by atoms with E-state index in [1.807, 2.05) is 0 Å². The Morgan fingerprint density at radius 3 is 2.78 bits per heavy atom. The number of allylic oxidation sites excluding steroid dienone is 1. The fourth-order valence-electron chi connectivity index (χ4n) is 3.28. The lowest BCUT2D eigenvalue weighted by Crippen LogP contribution is -2.14. The Morgan fingerprint density at radius 1 is 1.22 bits per heavy atom. The van der Waals surface area contributed by atoms with Crippen molar-refractivity contribution < 1.29 is 24.2 Å². The topological polar surface area (TPSA) is 118 Å². The molecule has 0 unspecified atom stereocenters. The van der Waals surface area contributed by atoms with Gasteiger partial charge in [0.2, 0.25) is 0 Å². The molecule has 8 nitrogen and oxygen atoms in total. The van der Waals surface area contributed by atoms with E-state index in [0.29, 0.717) is 28.3 Å². The number of aromatic hydroxyl groups is 1. The summed E-state index contributed by atoms with van der Waals surface area (Å²) in [5.74, 6) is 0.309. The van der Waals surface area contributed by atoms with E-state index < -0.39 is 0 Å². The van der Waals surface area contributed by atoms with Crippen LogP contribution in [0.5, 0.6) is 11.5 Å². The van der Waals surface area contributed by atoms with Crippen LogP contribution in [0.1, 0.15) is 21.5 Å². The van der Waals surface area contributed by atoms with Crippen molar-refractivity contribution in [1.29, 1.82) is 0 Å². The minimum Gasteiger partial charge on any atom is -0.504 e. The van der Waals surface area contributed by atoms with E-state index in [1.54, 1.807) is 60.8 Å². The molecular formula is C24H20N2O6. The summed E-state index contributed by atoms with van der Waals surface area (Å²) in [4.78, 5) is 27.8. The fourth-order valence-corrected chi connectivity index (χ4v) is 3.28. The van der Waals surface area contributed by atoms with Crippen molar-refractivity contribution in [3.8, 4) is 28.6 Å². The number of rotatable bonds is 7. The lowest BCUT2D eigenvalue weighted by Gasteiger charge is -2.08. The number of nitrogens with one attached hydrogen (secondary N) is 1. The first-order valence-electron chi connectivity index (χ1n) is 9.69. The maximum Gasteiger partial charge on any atom is 0.330 e. The quantitative estimate of drug-likeness (QED) is 0.304. The van der Waals surface area contributed by atoms with Crippen LogP contribution in [0.2, 0.25) is 0 Å². The molecule has 0 aliphatic heterocycles. The number of hydrogen-bond donors (Lipinski definition) is 3. The van der Waals surface area contributed by atoms with Gasteiger partial charge in [-0.05, 0) is 48.0 Å². The van der Waals surface area contributed by atoms with Gasteiger partial charge in [0.15, 0.2) is 23.0 Å². The van der Waals surface area contributed by atoms with Gasteiger partial charge in [-0.25, -0.2) is 4.79 Å². The number of carbonyl (C=O) groups excluding carboxylic acids is 1. The molecule has 2 aromatic heterocycles. The molecular weight excluding hydrogens is 412 g/mol. The third-order valence-corrected chi connectivity index (χ3v) is 4.91. The summed E-state index contributed by atoms with van der Waals surface area (Å²) < 4.78 is 11.8. The van der Waals surface area contributed by atoms with Gasteiger partial charge >= 0.3 is 5.69 Å². The Balaban J connectivity index is 1.61. The first kappa shape index (κ1) is 21.0. The van der Waals surface area contributed by atoms with Crippen molar-refractivity contribution >= 4 is 11.9 Å². The Labute approximate surface area is 182 Å². The first-order chi connectivity index (χ1) is 15.5. The molecule has 0 bridgehead atoms. The van der Waals surface area contributed by atoms with E-state index in [4.69, 9.17) is 9.15 Å². The molecule has 0 aliphatic carbocycles. The van der Waals surface area contributed by atoms with E-state index in [9.17, 15) is 19.8 Å². The van der Waals surface area contributed by atoms with E-state index in [1.165, 1.54) is 24.0 Å². The number of imidazole rings is 1. The molecule has 0 amide bonds. The third-order valence-electron chi connectivity index (χ3n) is 4.91. The van der Waals surface area contributed by atoms with Crippen LogP contribution < -0.4 is 10.4 Å². The number of methoxy groups -OCH3 is 1. The maximum absolute atomic E-state index is 12.7. The second-order valence-electron chi connectivity index (χ2n) is 6.96. The highest BCUT2D eigenvalue weighted by Gasteiger charge is 2.12. The molecule has 3 N–H and O–H groups in total. The highest BCUT2D eigenvalue weighted by atomic mass is 16.5. The van der Waals surface area contributed by atoms with Gasteiger partial charge in [0.05, 0.1) is 25.7 Å². The van der Waals surface area contributed by atoms with E-state index in [0.717, 1.165) is 0 Å². The molecule has 0 saturated heterocycles. The second kappa shape index (κ2) is 8.83. The van der Waals surface area contributed by atoms with Gasteiger partial charge in [-0.3, -0.25) is 9.36 Å². The molecule has 4 aromatic rings. The van der Waals surface area contributed by atoms with Crippen LogP contribution in [0.25, 0.3) is 23.2 Å². The van der Waals surface area contributed by atoms with E-state index in [-0.39, 0.29) is 35.1 Å². The molecule has 2 aromatic carbocycles. The number of nitrogens with zero attached hydrogens (tertiary/aromatic N) is 1. The molecule has 0 radical (unpaired) electrons. The minimum atomic E-state index is -0.370. The summed E-state index contributed by atoms with van der Waals surface area (Å²) in [6, 6.07) is 13.3. The summed E-state index contributed by atoms with van der Waals surface area (Å²) in [6.07, 6.45) is 6.07. The molecule has 4 rings (SSSR count). The monoisotopic (exact) mass is 432 g/mol. The SMILES string of the molecule is COc1cc(C=CC(=O)c2cccc(-n3cc(-c4ccco4)[nH]c3=O)c2)cc(CO)c1O. The lowest BCUT2D eigenvalue weighted by molar-refractivity contribution is 0.104. The Hall–Kier alpha value is -4.30. The van der Waals surface area contributed by atoms with Crippen LogP contribution in [-0.4, -0.2) is 32.7 Å². The summed E-state index contributed by atoms with van der Waals surface area (Å²) in [6.45, 7) is -0.370. The van der Waals surface area contributed by atoms with E-state index >= 15 is 0 Å². The zero-order chi connectivity index (χ0) is 22.7. The van der Waals surface area contributed by atoms with Gasteiger partial charge in [0, 0.05) is 17.3 Å². The van der Waals surface area contributed by atoms with Gasteiger partial charge in [0.25, 0.3) is 0 Å². The van der Waals surface area contributed by atoms with Crippen molar-refractivity contribution in [1.82, 2.24) is 9.55 Å². The largest absolute Gasteiger partial charge is 0.504 e. The van der Waals surface area contributed by atoms with Crippen molar-refractivity contribution in [3.05, 3.63) is 94.2 Å². The number of carbonyl (C=O) groups is 1. The van der Waals surface area contributed by atoms with Crippen LogP contribution in [0.15, 0.2) is 76.3 Å². The number of ketones is 1. The van der Waals surface area contributed by atoms with Gasteiger partial charge in [-0.1, -0.05) is 18.2 Å². The van der Waals surface area contributed by atoms with Crippen molar-refractivity contribution in [2.75, 3.05) is 7.11 Å². The van der Waals surface area contributed by atoms with Gasteiger partial charge in [-0.15, -0.1) is 0 Å². The van der Waals surface area contributed by atoms with E-state index in [2.05, 4.69) is 4.98 Å². The third kappa shape index (κ3) is 4.12. The second-order valence-corrected chi connectivity index (χ2v) is 6.96. The number of H-pyrrole nitrogens is 1. The molecule has 32 heavy (non-hydrogen) atoms. The number of furan rings is 1. The summed E-state index contributed by atoms with van der Waals surface area (Å²) in [5, 5.41) is 19.4. The number of phenols is 1. The lowest BCUT2D eigenvalue weighted by atomic mass is 10.1. The zero-order valence-corrected chi connectivity index (χ0v) is 17.1. The molecule has 0 fully saturated rings. The molecule has 162 valence electrons. The van der Waals surface area contributed by atoms with Gasteiger partial charge in [0.1, 0.15) is 5.69 Å². The Morgan fingerprint density at radius 2 is 2.06 bits per heavy atom. The average molecular weight is 432 g/mol. The number of hydrogen-bond acceptors (Lipinski definition) is 6. The summed E-state index contributed by atoms with van der Waals surface area (Å²) in [5.41, 5.74) is 1.95. The maximum atomic E-state index is 12.7. The molecule has 0 aliphatic rings. The number of ether oxygens (including phenoxy) is 1. The normalized spacial score (nSPS) is 11.2. The minimum absolute atomic E-state index is 0.142. The zero-order valence-electron chi connectivity index (χ0n) is 17.1. The fraction of sp³-hybridized carbons (Fsp3) is 0.0833. The highest BCUT2D eigenvalue weighted by Crippen LogP contribution is 2.32. The Bertz CT molecular complexity index is 1320. The van der Waals surface area contributed by atoms with Crippen LogP contribution >= 0.6 is 0 Å². The van der Waals surface area contributed by atoms with Gasteiger partial charge in [-0.2, -0.15) is 0 Å². The number of aliphatic hydroxyl groups is 1. The average Bonchev–Trinajstić information content (AvgIpc) is 3.48. The number of aromatic nitrogens is 2. The molecule has 8 heteroatoms. The predicted octanol–water partition coefficient (Wildman–Crippen LogP) is 3.53. The number of aromatic amines is 1. The summed E-state index contributed by atoms with van der Waals surface area (Å²) in [7, 11) is 1.40. The number of benzene rings is 2. The van der Waals surface area contributed by atoms with Crippen LogP contribution in [0, 0.1) is 0 Å².